The minimum atomic E-state index is -1.57. The predicted octanol–water partition coefficient (Wildman–Crippen LogP) is 15.0. The SMILES string of the molecule is C#Cc1ccc(-c2c3nc(c(-c4ccc(C#C[Si](C)(C)C)cc4)c4ccc([nH]4)c(-c4ccc(C#C[Si](C)(C)C)cc4)c4nc(c(-c5ccc(C#C[Si](C)(C)C)cc5)c5ccc2[nH]5)C=C4)C=C3)cc1. The molecule has 8 bridgehead atoms. The number of nitrogens with zero attached hydrogens (tertiary/aromatic N) is 2. The Bertz CT molecular complexity index is 3520. The first-order valence-corrected chi connectivity index (χ1v) is 33.6. The standard InChI is InChI=1S/C61H54N4Si3/c1-11-42-12-20-46(21-13-42)58-50-28-30-52(62-50)59(47-22-14-43(15-23-47)36-39-66(2,3)4)54-32-34-56(64-54)61(49-26-18-45(19-27-49)38-41-68(8,9)10)57-35-33-55(65-57)60(53-31-29-51(58)63-53)48-24-16-44(17-25-48)37-40-67(5,6)7/h1,12-35,62,65H,2-10H3. The van der Waals surface area contributed by atoms with Crippen molar-refractivity contribution in [3.05, 3.63) is 166 Å². The number of rotatable bonds is 4. The molecule has 7 heteroatoms. The van der Waals surface area contributed by atoms with Gasteiger partial charge in [-0.1, -0.05) is 131 Å². The fourth-order valence-electron chi connectivity index (χ4n) is 8.09. The van der Waals surface area contributed by atoms with E-state index in [2.05, 4.69) is 243 Å². The summed E-state index contributed by atoms with van der Waals surface area (Å²) in [6.45, 7) is 20.4. The van der Waals surface area contributed by atoms with Gasteiger partial charge in [-0.25, -0.2) is 9.97 Å². The van der Waals surface area contributed by atoms with Crippen LogP contribution in [0.15, 0.2) is 121 Å². The molecule has 0 aliphatic carbocycles. The van der Waals surface area contributed by atoms with Crippen molar-refractivity contribution in [1.82, 2.24) is 19.9 Å². The molecule has 5 heterocycles. The lowest BCUT2D eigenvalue weighted by Crippen LogP contribution is -2.16. The highest BCUT2D eigenvalue weighted by Gasteiger charge is 2.20. The highest BCUT2D eigenvalue weighted by atomic mass is 28.3. The van der Waals surface area contributed by atoms with Gasteiger partial charge < -0.3 is 9.97 Å². The van der Waals surface area contributed by atoms with E-state index in [-0.39, 0.29) is 0 Å². The first-order chi connectivity index (χ1) is 32.5. The topological polar surface area (TPSA) is 57.4 Å². The van der Waals surface area contributed by atoms with E-state index in [0.29, 0.717) is 0 Å². The van der Waals surface area contributed by atoms with Crippen molar-refractivity contribution in [2.75, 3.05) is 0 Å². The third-order valence-corrected chi connectivity index (χ3v) is 14.0. The molecule has 0 amide bonds. The number of nitrogens with one attached hydrogen (secondary N) is 2. The highest BCUT2D eigenvalue weighted by molar-refractivity contribution is 6.84. The van der Waals surface area contributed by atoms with E-state index in [1.54, 1.807) is 0 Å². The molecule has 7 aromatic rings. The zero-order valence-electron chi connectivity index (χ0n) is 40.3. The van der Waals surface area contributed by atoms with Crippen LogP contribution in [0.4, 0.5) is 0 Å². The van der Waals surface area contributed by atoms with Gasteiger partial charge in [0.1, 0.15) is 24.2 Å². The molecule has 68 heavy (non-hydrogen) atoms. The van der Waals surface area contributed by atoms with Gasteiger partial charge in [-0.2, -0.15) is 0 Å². The molecule has 9 rings (SSSR count). The Labute approximate surface area is 404 Å². The Morgan fingerprint density at radius 3 is 0.794 bits per heavy atom. The lowest BCUT2D eigenvalue weighted by molar-refractivity contribution is 1.31. The maximum atomic E-state index is 5.84. The summed E-state index contributed by atoms with van der Waals surface area (Å²) in [5.74, 6) is 13.1. The van der Waals surface area contributed by atoms with Crippen LogP contribution in [-0.4, -0.2) is 44.2 Å². The van der Waals surface area contributed by atoms with Crippen molar-refractivity contribution < 1.29 is 0 Å². The molecule has 3 aromatic heterocycles. The van der Waals surface area contributed by atoms with Gasteiger partial charge >= 0.3 is 0 Å². The van der Waals surface area contributed by atoms with Crippen LogP contribution >= 0.6 is 0 Å². The van der Waals surface area contributed by atoms with Gasteiger partial charge in [0.25, 0.3) is 0 Å². The summed E-state index contributed by atoms with van der Waals surface area (Å²) < 4.78 is 0. The van der Waals surface area contributed by atoms with Gasteiger partial charge in [0.2, 0.25) is 0 Å². The second-order valence-corrected chi connectivity index (χ2v) is 34.7. The maximum Gasteiger partial charge on any atom is 0.129 e. The molecule has 0 atom stereocenters. The summed E-state index contributed by atoms with van der Waals surface area (Å²) in [4.78, 5) is 18.8. The molecule has 0 unspecified atom stereocenters. The Morgan fingerprint density at radius 2 is 0.574 bits per heavy atom. The van der Waals surface area contributed by atoms with Crippen LogP contribution < -0.4 is 0 Å². The normalized spacial score (nSPS) is 12.0. The van der Waals surface area contributed by atoms with Crippen LogP contribution in [0.3, 0.4) is 0 Å². The molecule has 2 N–H and O–H groups in total. The number of benzene rings is 4. The van der Waals surface area contributed by atoms with E-state index in [9.17, 15) is 0 Å². The van der Waals surface area contributed by atoms with Gasteiger partial charge in [-0.15, -0.1) is 23.1 Å². The Balaban J connectivity index is 1.37. The summed E-state index contributed by atoms with van der Waals surface area (Å²) in [5.41, 5.74) is 29.5. The smallest absolute Gasteiger partial charge is 0.129 e. The lowest BCUT2D eigenvalue weighted by atomic mass is 10.0. The van der Waals surface area contributed by atoms with E-state index < -0.39 is 24.2 Å². The highest BCUT2D eigenvalue weighted by Crippen LogP contribution is 2.39. The third kappa shape index (κ3) is 10.3. The predicted molar refractivity (Wildman–Crippen MR) is 299 cm³/mol. The molecule has 4 aromatic carbocycles. The maximum absolute atomic E-state index is 5.84. The molecule has 0 saturated heterocycles. The minimum Gasteiger partial charge on any atom is -0.354 e. The second-order valence-electron chi connectivity index (χ2n) is 20.5. The minimum absolute atomic E-state index is 0.816. The lowest BCUT2D eigenvalue weighted by Gasteiger charge is -2.08. The van der Waals surface area contributed by atoms with Crippen molar-refractivity contribution in [2.24, 2.45) is 0 Å². The number of hydrogen-bond donors (Lipinski definition) is 2. The fourth-order valence-corrected chi connectivity index (χ4v) is 9.65. The summed E-state index contributed by atoms with van der Waals surface area (Å²) in [6.07, 6.45) is 14.4. The number of fused-ring (bicyclic) bond motifs is 8. The van der Waals surface area contributed by atoms with Crippen molar-refractivity contribution in [2.45, 2.75) is 58.9 Å². The van der Waals surface area contributed by atoms with Gasteiger partial charge in [0.05, 0.1) is 22.8 Å². The van der Waals surface area contributed by atoms with E-state index in [1.807, 2.05) is 12.1 Å². The molecule has 0 radical (unpaired) electrons. The van der Waals surface area contributed by atoms with Gasteiger partial charge in [-0.05, 0) is 119 Å². The third-order valence-electron chi connectivity index (χ3n) is 11.4. The van der Waals surface area contributed by atoms with Crippen molar-refractivity contribution in [1.29, 1.82) is 0 Å². The number of terminal acetylenes is 1. The molecular formula is C61H54N4Si3. The largest absolute Gasteiger partial charge is 0.354 e. The van der Waals surface area contributed by atoms with Crippen molar-refractivity contribution >= 4 is 70.6 Å². The van der Waals surface area contributed by atoms with Gasteiger partial charge in [0.15, 0.2) is 0 Å². The molecular weight excluding hydrogens is 873 g/mol. The quantitative estimate of drug-likeness (QED) is 0.136. The average molecular weight is 927 g/mol. The first kappa shape index (κ1) is 45.5. The van der Waals surface area contributed by atoms with Gasteiger partial charge in [-0.3, -0.25) is 0 Å². The molecule has 330 valence electrons. The Morgan fingerprint density at radius 1 is 0.338 bits per heavy atom. The van der Waals surface area contributed by atoms with Gasteiger partial charge in [0, 0.05) is 66.6 Å². The zero-order valence-corrected chi connectivity index (χ0v) is 43.3. The molecule has 0 spiro atoms. The number of aromatic nitrogens is 4. The molecule has 0 fully saturated rings. The molecule has 0 saturated carbocycles. The summed E-state index contributed by atoms with van der Waals surface area (Å²) in [6, 6.07) is 42.5. The Hall–Kier alpha value is -7.63. The van der Waals surface area contributed by atoms with Crippen LogP contribution in [0.5, 0.6) is 0 Å². The summed E-state index contributed by atoms with van der Waals surface area (Å²) >= 11 is 0. The monoisotopic (exact) mass is 926 g/mol. The van der Waals surface area contributed by atoms with Crippen LogP contribution in [-0.2, 0) is 0 Å². The molecule has 2 aliphatic rings. The number of H-pyrrole nitrogens is 2. The zero-order chi connectivity index (χ0) is 47.8. The van der Waals surface area contributed by atoms with E-state index >= 15 is 0 Å². The van der Waals surface area contributed by atoms with E-state index in [0.717, 1.165) is 112 Å². The van der Waals surface area contributed by atoms with Crippen molar-refractivity contribution in [3.63, 3.8) is 0 Å². The first-order valence-electron chi connectivity index (χ1n) is 23.1. The average Bonchev–Trinajstić information content (AvgIpc) is 4.16. The second kappa shape index (κ2) is 18.2. The number of aromatic amines is 2. The van der Waals surface area contributed by atoms with Crippen LogP contribution in [0.25, 0.3) is 90.9 Å². The summed E-state index contributed by atoms with van der Waals surface area (Å²) in [7, 11) is -4.69. The fraction of sp³-hybridized carbons (Fsp3) is 0.148. The van der Waals surface area contributed by atoms with Crippen LogP contribution in [0.2, 0.25) is 58.9 Å². The summed E-state index contributed by atoms with van der Waals surface area (Å²) in [5, 5.41) is 0. The van der Waals surface area contributed by atoms with Crippen molar-refractivity contribution in [3.8, 4) is 91.2 Å². The van der Waals surface area contributed by atoms with E-state index in [1.165, 1.54) is 0 Å². The van der Waals surface area contributed by atoms with Crippen LogP contribution in [0.1, 0.15) is 45.0 Å². The molecule has 2 aliphatic heterocycles. The van der Waals surface area contributed by atoms with E-state index in [4.69, 9.17) is 16.4 Å². The number of hydrogen-bond acceptors (Lipinski definition) is 2. The van der Waals surface area contributed by atoms with Crippen LogP contribution in [0, 0.1) is 46.7 Å². The molecule has 4 nitrogen and oxygen atoms in total. The Kier molecular flexibility index (Phi) is 12.2.